The molecule has 1 aliphatic heterocycles. The fourth-order valence-electron chi connectivity index (χ4n) is 1.56. The van der Waals surface area contributed by atoms with E-state index in [2.05, 4.69) is 5.32 Å². The number of carbonyl (C=O) groups is 2. The maximum atomic E-state index is 11.3. The molecule has 1 aliphatic rings. The first-order valence-corrected chi connectivity index (χ1v) is 4.77. The van der Waals surface area contributed by atoms with Crippen LogP contribution in [-0.2, 0) is 4.79 Å². The average Bonchev–Trinajstić information content (AvgIpc) is 2.26. The summed E-state index contributed by atoms with van der Waals surface area (Å²) in [5.74, 6) is -1.14. The highest BCUT2D eigenvalue weighted by Gasteiger charge is 2.26. The summed E-state index contributed by atoms with van der Waals surface area (Å²) >= 11 is 0. The topological polar surface area (TPSA) is 93.4 Å². The number of nitrogens with one attached hydrogen (secondary N) is 1. The van der Waals surface area contributed by atoms with Crippen molar-refractivity contribution in [3.05, 3.63) is 0 Å². The number of piperidine rings is 1. The minimum Gasteiger partial charge on any atom is -0.481 e. The summed E-state index contributed by atoms with van der Waals surface area (Å²) in [6.07, 6.45) is 0.963. The third kappa shape index (κ3) is 3.13. The van der Waals surface area contributed by atoms with Crippen molar-refractivity contribution in [1.29, 1.82) is 5.26 Å². The van der Waals surface area contributed by atoms with Gasteiger partial charge in [-0.2, -0.15) is 5.26 Å². The standard InChI is InChI=1S/C9H13N3O3/c10-3-4-11-9(15)12-5-1-7(2-6-12)8(13)14/h7H,1-2,4-6H2,(H,11,15)(H,13,14). The highest BCUT2D eigenvalue weighted by atomic mass is 16.4. The zero-order valence-corrected chi connectivity index (χ0v) is 8.27. The first-order chi connectivity index (χ1) is 7.15. The van der Waals surface area contributed by atoms with Gasteiger partial charge in [0.05, 0.1) is 12.0 Å². The van der Waals surface area contributed by atoms with E-state index in [-0.39, 0.29) is 18.5 Å². The van der Waals surface area contributed by atoms with Crippen LogP contribution in [0.2, 0.25) is 0 Å². The van der Waals surface area contributed by atoms with Crippen molar-refractivity contribution in [3.63, 3.8) is 0 Å². The SMILES string of the molecule is N#CCNC(=O)N1CCC(C(=O)O)CC1. The van der Waals surface area contributed by atoms with E-state index in [4.69, 9.17) is 10.4 Å². The molecule has 1 rings (SSSR count). The largest absolute Gasteiger partial charge is 0.481 e. The molecule has 0 spiro atoms. The third-order valence-electron chi connectivity index (χ3n) is 2.45. The molecule has 0 aromatic carbocycles. The van der Waals surface area contributed by atoms with Crippen LogP contribution < -0.4 is 5.32 Å². The summed E-state index contributed by atoms with van der Waals surface area (Å²) < 4.78 is 0. The Labute approximate surface area is 87.5 Å². The number of carboxylic acid groups (broad SMARTS) is 1. The van der Waals surface area contributed by atoms with Gasteiger partial charge in [-0.25, -0.2) is 4.79 Å². The van der Waals surface area contributed by atoms with E-state index < -0.39 is 5.97 Å². The summed E-state index contributed by atoms with van der Waals surface area (Å²) in [7, 11) is 0. The Morgan fingerprint density at radius 2 is 2.07 bits per heavy atom. The van der Waals surface area contributed by atoms with E-state index in [9.17, 15) is 9.59 Å². The van der Waals surface area contributed by atoms with Gasteiger partial charge in [0.15, 0.2) is 0 Å². The van der Waals surface area contributed by atoms with Gasteiger partial charge in [-0.1, -0.05) is 0 Å². The van der Waals surface area contributed by atoms with Gasteiger partial charge in [0, 0.05) is 13.1 Å². The Kier molecular flexibility index (Phi) is 3.92. The second-order valence-electron chi connectivity index (χ2n) is 3.42. The molecule has 2 amide bonds. The van der Waals surface area contributed by atoms with Crippen LogP contribution in [0.15, 0.2) is 0 Å². The Morgan fingerprint density at radius 3 is 2.53 bits per heavy atom. The molecule has 1 fully saturated rings. The molecule has 0 radical (unpaired) electrons. The van der Waals surface area contributed by atoms with Crippen LogP contribution >= 0.6 is 0 Å². The normalized spacial score (nSPS) is 16.9. The molecule has 15 heavy (non-hydrogen) atoms. The van der Waals surface area contributed by atoms with Gasteiger partial charge in [-0.3, -0.25) is 4.79 Å². The number of amides is 2. The van der Waals surface area contributed by atoms with Gasteiger partial charge in [-0.05, 0) is 12.8 Å². The quantitative estimate of drug-likeness (QED) is 0.629. The molecule has 82 valence electrons. The lowest BCUT2D eigenvalue weighted by atomic mass is 9.97. The van der Waals surface area contributed by atoms with Crippen LogP contribution in [0.1, 0.15) is 12.8 Å². The second kappa shape index (κ2) is 5.20. The Balaban J connectivity index is 2.34. The van der Waals surface area contributed by atoms with Gasteiger partial charge in [0.1, 0.15) is 6.54 Å². The van der Waals surface area contributed by atoms with Crippen molar-refractivity contribution in [3.8, 4) is 6.07 Å². The van der Waals surface area contributed by atoms with Crippen molar-refractivity contribution >= 4 is 12.0 Å². The summed E-state index contributed by atoms with van der Waals surface area (Å²) in [4.78, 5) is 23.5. The molecule has 1 saturated heterocycles. The second-order valence-corrected chi connectivity index (χ2v) is 3.42. The molecule has 0 saturated carbocycles. The van der Waals surface area contributed by atoms with Crippen LogP contribution in [0.5, 0.6) is 0 Å². The lowest BCUT2D eigenvalue weighted by molar-refractivity contribution is -0.143. The molecule has 0 bridgehead atoms. The van der Waals surface area contributed by atoms with Crippen LogP contribution in [0.3, 0.4) is 0 Å². The third-order valence-corrected chi connectivity index (χ3v) is 2.45. The van der Waals surface area contributed by atoms with E-state index in [1.807, 2.05) is 6.07 Å². The van der Waals surface area contributed by atoms with Crippen molar-refractivity contribution < 1.29 is 14.7 Å². The molecule has 0 aromatic rings. The zero-order valence-electron chi connectivity index (χ0n) is 8.27. The number of rotatable bonds is 2. The van der Waals surface area contributed by atoms with Gasteiger partial charge in [-0.15, -0.1) is 0 Å². The zero-order chi connectivity index (χ0) is 11.3. The summed E-state index contributed by atoms with van der Waals surface area (Å²) in [6, 6.07) is 1.52. The number of aliphatic carboxylic acids is 1. The number of nitriles is 1. The Bertz CT molecular complexity index is 289. The number of likely N-dealkylation sites (tertiary alicyclic amines) is 1. The number of carboxylic acids is 1. The molecular weight excluding hydrogens is 198 g/mol. The van der Waals surface area contributed by atoms with E-state index in [1.54, 1.807) is 0 Å². The first kappa shape index (κ1) is 11.3. The summed E-state index contributed by atoms with van der Waals surface area (Å²) in [6.45, 7) is 0.861. The number of nitrogens with zero attached hydrogens (tertiary/aromatic N) is 2. The van der Waals surface area contributed by atoms with Crippen molar-refractivity contribution in [2.45, 2.75) is 12.8 Å². The fourth-order valence-corrected chi connectivity index (χ4v) is 1.56. The van der Waals surface area contributed by atoms with Crippen LogP contribution in [0, 0.1) is 17.2 Å². The number of hydrogen-bond acceptors (Lipinski definition) is 3. The predicted octanol–water partition coefficient (Wildman–Crippen LogP) is 0.0162. The molecule has 2 N–H and O–H groups in total. The lowest BCUT2D eigenvalue weighted by Gasteiger charge is -2.29. The van der Waals surface area contributed by atoms with Crippen molar-refractivity contribution in [1.82, 2.24) is 10.2 Å². The van der Waals surface area contributed by atoms with E-state index in [0.717, 1.165) is 0 Å². The number of urea groups is 1. The maximum absolute atomic E-state index is 11.3. The van der Waals surface area contributed by atoms with Crippen LogP contribution in [0.25, 0.3) is 0 Å². The highest BCUT2D eigenvalue weighted by Crippen LogP contribution is 2.16. The van der Waals surface area contributed by atoms with Gasteiger partial charge in [0.25, 0.3) is 0 Å². The Morgan fingerprint density at radius 1 is 1.47 bits per heavy atom. The van der Waals surface area contributed by atoms with Crippen molar-refractivity contribution in [2.75, 3.05) is 19.6 Å². The molecule has 0 aliphatic carbocycles. The fraction of sp³-hybridized carbons (Fsp3) is 0.667. The Hall–Kier alpha value is -1.77. The number of carbonyl (C=O) groups excluding carboxylic acids is 1. The maximum Gasteiger partial charge on any atom is 0.318 e. The van der Waals surface area contributed by atoms with E-state index in [0.29, 0.717) is 25.9 Å². The minimum absolute atomic E-state index is 0.0162. The average molecular weight is 211 g/mol. The minimum atomic E-state index is -0.799. The van der Waals surface area contributed by atoms with Crippen molar-refractivity contribution in [2.24, 2.45) is 5.92 Å². The molecule has 0 atom stereocenters. The van der Waals surface area contributed by atoms with Gasteiger partial charge < -0.3 is 15.3 Å². The monoisotopic (exact) mass is 211 g/mol. The van der Waals surface area contributed by atoms with E-state index in [1.165, 1.54) is 4.90 Å². The summed E-state index contributed by atoms with van der Waals surface area (Å²) in [5.41, 5.74) is 0. The molecule has 6 heteroatoms. The molecular formula is C9H13N3O3. The lowest BCUT2D eigenvalue weighted by Crippen LogP contribution is -2.45. The molecule has 0 unspecified atom stereocenters. The highest BCUT2D eigenvalue weighted by molar-refractivity contribution is 5.75. The van der Waals surface area contributed by atoms with Crippen LogP contribution in [0.4, 0.5) is 4.79 Å². The van der Waals surface area contributed by atoms with Gasteiger partial charge >= 0.3 is 12.0 Å². The van der Waals surface area contributed by atoms with Gasteiger partial charge in [0.2, 0.25) is 0 Å². The van der Waals surface area contributed by atoms with E-state index >= 15 is 0 Å². The molecule has 1 heterocycles. The smallest absolute Gasteiger partial charge is 0.318 e. The predicted molar refractivity (Wildman–Crippen MR) is 50.9 cm³/mol. The molecule has 0 aromatic heterocycles. The summed E-state index contributed by atoms with van der Waals surface area (Å²) in [5, 5.41) is 19.4. The molecule has 6 nitrogen and oxygen atoms in total. The van der Waals surface area contributed by atoms with Crippen LogP contribution in [-0.4, -0.2) is 41.6 Å². The first-order valence-electron chi connectivity index (χ1n) is 4.77. The number of hydrogen-bond donors (Lipinski definition) is 2.